The van der Waals surface area contributed by atoms with Gasteiger partial charge in [-0.05, 0) is 30.7 Å². The Morgan fingerprint density at radius 1 is 0.611 bits per heavy atom. The van der Waals surface area contributed by atoms with Gasteiger partial charge in [-0.2, -0.15) is 0 Å². The van der Waals surface area contributed by atoms with E-state index >= 15 is 0 Å². The van der Waals surface area contributed by atoms with Gasteiger partial charge in [0.15, 0.2) is 0 Å². The lowest BCUT2D eigenvalue weighted by Gasteiger charge is -2.28. The molecule has 0 spiro atoms. The fourth-order valence-corrected chi connectivity index (χ4v) is 5.89. The average Bonchev–Trinajstić information content (AvgIpc) is 3.43. The number of rotatable bonds is 24. The van der Waals surface area contributed by atoms with Crippen LogP contribution in [0.2, 0.25) is 0 Å². The first kappa shape index (κ1) is 30.7. The summed E-state index contributed by atoms with van der Waals surface area (Å²) in [5.74, 6) is 0.688. The largest absolute Gasteiger partial charge is 0.334 e. The van der Waals surface area contributed by atoms with Gasteiger partial charge in [0.2, 0.25) is 0 Å². The van der Waals surface area contributed by atoms with Crippen molar-refractivity contribution in [2.75, 3.05) is 0 Å². The molecule has 1 aromatic heterocycles. The highest BCUT2D eigenvalue weighted by molar-refractivity contribution is 5.15. The van der Waals surface area contributed by atoms with Crippen LogP contribution in [-0.4, -0.2) is 9.55 Å². The second-order valence-corrected chi connectivity index (χ2v) is 11.3. The summed E-state index contributed by atoms with van der Waals surface area (Å²) in [5, 5.41) is 0. The summed E-state index contributed by atoms with van der Waals surface area (Å²) in [4.78, 5) is 4.38. The Morgan fingerprint density at radius 2 is 1.14 bits per heavy atom. The third kappa shape index (κ3) is 14.2. The van der Waals surface area contributed by atoms with Crippen LogP contribution in [0.15, 0.2) is 49.1 Å². The van der Waals surface area contributed by atoms with Gasteiger partial charge in [0, 0.05) is 18.4 Å². The lowest BCUT2D eigenvalue weighted by Crippen LogP contribution is -2.21. The van der Waals surface area contributed by atoms with Crippen molar-refractivity contribution in [1.82, 2.24) is 9.55 Å². The van der Waals surface area contributed by atoms with Crippen LogP contribution in [0.4, 0.5) is 0 Å². The first-order valence-corrected chi connectivity index (χ1v) is 15.9. The molecule has 1 aromatic carbocycles. The number of imidazole rings is 1. The number of benzene rings is 1. The summed E-state index contributed by atoms with van der Waals surface area (Å²) in [5.41, 5.74) is 1.48. The molecule has 1 heterocycles. The molecule has 0 aliphatic heterocycles. The Hall–Kier alpha value is -1.57. The zero-order valence-corrected chi connectivity index (χ0v) is 24.0. The van der Waals surface area contributed by atoms with Gasteiger partial charge in [0.25, 0.3) is 0 Å². The van der Waals surface area contributed by atoms with Crippen molar-refractivity contribution < 1.29 is 0 Å². The molecule has 204 valence electrons. The molecule has 2 rings (SSSR count). The average molecular weight is 495 g/mol. The zero-order valence-electron chi connectivity index (χ0n) is 24.0. The van der Waals surface area contributed by atoms with Crippen LogP contribution < -0.4 is 0 Å². The second-order valence-electron chi connectivity index (χ2n) is 11.3. The van der Waals surface area contributed by atoms with E-state index in [1.165, 1.54) is 140 Å². The molecule has 2 unspecified atom stereocenters. The van der Waals surface area contributed by atoms with Gasteiger partial charge < -0.3 is 4.57 Å². The summed E-state index contributed by atoms with van der Waals surface area (Å²) in [6.07, 6.45) is 35.6. The molecular formula is C34H58N2. The predicted molar refractivity (Wildman–Crippen MR) is 159 cm³/mol. The van der Waals surface area contributed by atoms with Gasteiger partial charge in [0.1, 0.15) is 0 Å². The van der Waals surface area contributed by atoms with Crippen LogP contribution >= 0.6 is 0 Å². The van der Waals surface area contributed by atoms with E-state index < -0.39 is 0 Å². The van der Waals surface area contributed by atoms with Crippen LogP contribution in [0.1, 0.15) is 154 Å². The van der Waals surface area contributed by atoms with Crippen LogP contribution in [0.5, 0.6) is 0 Å². The highest BCUT2D eigenvalue weighted by Gasteiger charge is 2.22. The van der Waals surface area contributed by atoms with Gasteiger partial charge in [-0.25, -0.2) is 4.98 Å². The zero-order chi connectivity index (χ0) is 25.5. The van der Waals surface area contributed by atoms with Crippen molar-refractivity contribution in [3.05, 3.63) is 54.6 Å². The Labute approximate surface area is 224 Å². The molecule has 2 heteroatoms. The quantitative estimate of drug-likeness (QED) is 0.133. The lowest BCUT2D eigenvalue weighted by molar-refractivity contribution is 0.280. The minimum atomic E-state index is 0.573. The van der Waals surface area contributed by atoms with Gasteiger partial charge in [-0.15, -0.1) is 0 Å². The van der Waals surface area contributed by atoms with Crippen molar-refractivity contribution in [3.63, 3.8) is 0 Å². The van der Waals surface area contributed by atoms with Crippen molar-refractivity contribution >= 4 is 0 Å². The first-order chi connectivity index (χ1) is 17.8. The number of hydrogen-bond donors (Lipinski definition) is 0. The van der Waals surface area contributed by atoms with Crippen LogP contribution in [-0.2, 0) is 6.42 Å². The van der Waals surface area contributed by atoms with Crippen molar-refractivity contribution in [1.29, 1.82) is 0 Å². The van der Waals surface area contributed by atoms with Crippen LogP contribution in [0, 0.1) is 5.92 Å². The monoisotopic (exact) mass is 494 g/mol. The Balaban J connectivity index is 1.53. The molecule has 2 aromatic rings. The predicted octanol–water partition coefficient (Wildman–Crippen LogP) is 11.1. The summed E-state index contributed by atoms with van der Waals surface area (Å²) in [6, 6.07) is 11.7. The molecule has 0 aliphatic rings. The minimum Gasteiger partial charge on any atom is -0.334 e. The molecule has 36 heavy (non-hydrogen) atoms. The van der Waals surface area contributed by atoms with E-state index in [0.29, 0.717) is 12.0 Å². The molecule has 0 amide bonds. The molecule has 2 nitrogen and oxygen atoms in total. The van der Waals surface area contributed by atoms with E-state index in [-0.39, 0.29) is 0 Å². The Kier molecular flexibility index (Phi) is 18.3. The van der Waals surface area contributed by atoms with E-state index in [1.807, 2.05) is 12.5 Å². The van der Waals surface area contributed by atoms with Gasteiger partial charge in [-0.3, -0.25) is 0 Å². The number of nitrogens with zero attached hydrogens (tertiary/aromatic N) is 2. The normalized spacial score (nSPS) is 13.2. The van der Waals surface area contributed by atoms with Crippen LogP contribution in [0.25, 0.3) is 0 Å². The standard InChI is InChI=1S/C34H58N2/c1-3-5-6-7-8-9-10-11-12-13-14-15-16-17-18-19-23-27-34(36-29-28-35-31-36)33(24-4-2)30-32-25-21-20-22-26-32/h20-22,25-26,28-29,31,33-34H,3-19,23-24,27,30H2,1-2H3. The maximum atomic E-state index is 4.38. The SMILES string of the molecule is CCCCCCCCCCCCCCCCCCCC(C(CCC)Cc1ccccc1)n1ccnc1. The van der Waals surface area contributed by atoms with E-state index in [0.717, 1.165) is 0 Å². The van der Waals surface area contributed by atoms with Gasteiger partial charge in [0.05, 0.1) is 6.33 Å². The Bertz CT molecular complexity index is 693. The van der Waals surface area contributed by atoms with E-state index in [9.17, 15) is 0 Å². The van der Waals surface area contributed by atoms with E-state index in [1.54, 1.807) is 0 Å². The molecule has 0 saturated heterocycles. The van der Waals surface area contributed by atoms with Gasteiger partial charge >= 0.3 is 0 Å². The number of unbranched alkanes of at least 4 members (excludes halogenated alkanes) is 16. The van der Waals surface area contributed by atoms with E-state index in [2.05, 4.69) is 59.9 Å². The van der Waals surface area contributed by atoms with Crippen LogP contribution in [0.3, 0.4) is 0 Å². The maximum absolute atomic E-state index is 4.38. The molecule has 2 atom stereocenters. The van der Waals surface area contributed by atoms with Gasteiger partial charge in [-0.1, -0.05) is 160 Å². The maximum Gasteiger partial charge on any atom is 0.0948 e. The number of aromatic nitrogens is 2. The van der Waals surface area contributed by atoms with Crippen molar-refractivity contribution in [3.8, 4) is 0 Å². The summed E-state index contributed by atoms with van der Waals surface area (Å²) in [7, 11) is 0. The molecule has 0 aliphatic carbocycles. The molecule has 0 fully saturated rings. The molecule has 0 saturated carbocycles. The highest BCUT2D eigenvalue weighted by atomic mass is 15.1. The minimum absolute atomic E-state index is 0.573. The number of hydrogen-bond acceptors (Lipinski definition) is 1. The summed E-state index contributed by atoms with van der Waals surface area (Å²) < 4.78 is 2.40. The summed E-state index contributed by atoms with van der Waals surface area (Å²) in [6.45, 7) is 4.63. The topological polar surface area (TPSA) is 17.8 Å². The fourth-order valence-electron chi connectivity index (χ4n) is 5.89. The summed E-state index contributed by atoms with van der Waals surface area (Å²) >= 11 is 0. The Morgan fingerprint density at radius 3 is 1.61 bits per heavy atom. The molecule has 0 N–H and O–H groups in total. The van der Waals surface area contributed by atoms with E-state index in [4.69, 9.17) is 0 Å². The first-order valence-electron chi connectivity index (χ1n) is 15.9. The molecular weight excluding hydrogens is 436 g/mol. The lowest BCUT2D eigenvalue weighted by atomic mass is 9.85. The van der Waals surface area contributed by atoms with Crippen molar-refractivity contribution in [2.24, 2.45) is 5.92 Å². The highest BCUT2D eigenvalue weighted by Crippen LogP contribution is 2.31. The molecule has 0 bridgehead atoms. The second kappa shape index (κ2) is 21.5. The smallest absolute Gasteiger partial charge is 0.0948 e. The molecule has 0 radical (unpaired) electrons. The van der Waals surface area contributed by atoms with Crippen molar-refractivity contribution in [2.45, 2.75) is 155 Å². The third-order valence-electron chi connectivity index (χ3n) is 8.06. The fraction of sp³-hybridized carbons (Fsp3) is 0.735. The third-order valence-corrected chi connectivity index (χ3v) is 8.06.